The molecule has 7 N–H and O–H groups in total. The standard InChI is InChI=1S/C70H124O14/c1-3-5-7-9-11-13-15-17-19-21-23-25-27-29-30-32-34-36-38-40-42-44-46-48-50-52-54-79-56-59(57-80-69-68(78)66(76)64(74)61(84-69)58-81-70-67(77)65(75)63(73)60(55-71)83-70)82-62(72)53-51-49-47-45-43-41-39-37-35-33-31-28-26-24-22-20-18-16-14-12-10-8-6-4-2/h5,7,11,13,17,19,23,25,29-30,34,36,59-61,63-71,73-78H,3-4,6,8-10,12,14-16,18,20-22,24,26-28,31-33,35,37-58H2,1-2H3/b7-5-,13-11-,19-17-,25-23-,30-29-,36-34-. The van der Waals surface area contributed by atoms with Gasteiger partial charge in [-0.05, 0) is 64.2 Å². The van der Waals surface area contributed by atoms with E-state index in [9.17, 15) is 40.5 Å². The van der Waals surface area contributed by atoms with E-state index in [2.05, 4.69) is 86.8 Å². The maximum atomic E-state index is 13.2. The van der Waals surface area contributed by atoms with Crippen LogP contribution in [0.3, 0.4) is 0 Å². The topological polar surface area (TPSA) is 214 Å². The molecule has 2 fully saturated rings. The Kier molecular flexibility index (Phi) is 51.4. The lowest BCUT2D eigenvalue weighted by Gasteiger charge is -2.42. The molecule has 2 aliphatic rings. The number of carbonyl (C=O) groups excluding carboxylic acids is 1. The van der Waals surface area contributed by atoms with E-state index in [1.165, 1.54) is 148 Å². The average Bonchev–Trinajstić information content (AvgIpc) is 3.15. The van der Waals surface area contributed by atoms with Crippen LogP contribution in [0.5, 0.6) is 0 Å². The SMILES string of the molecule is CC/C=C\C/C=C\C/C=C\C/C=C\C/C=C\C/C=C\CCCCCCCCCOCC(COC1OC(COC2OC(CO)C(O)C(O)C2O)C(O)C(O)C1O)OC(=O)CCCCCCCCCCCCCCCCCCCCCCCCCC. The first-order valence-electron chi connectivity index (χ1n) is 34.0. The molecule has 84 heavy (non-hydrogen) atoms. The van der Waals surface area contributed by atoms with E-state index in [-0.39, 0.29) is 25.6 Å². The molecule has 0 aromatic rings. The van der Waals surface area contributed by atoms with Crippen LogP contribution in [0, 0.1) is 0 Å². The number of ether oxygens (including phenoxy) is 6. The van der Waals surface area contributed by atoms with E-state index in [4.69, 9.17) is 28.4 Å². The summed E-state index contributed by atoms with van der Waals surface area (Å²) in [5, 5.41) is 72.6. The molecular formula is C70H124O14. The van der Waals surface area contributed by atoms with Crippen molar-refractivity contribution in [3.63, 3.8) is 0 Å². The lowest BCUT2D eigenvalue weighted by Crippen LogP contribution is -2.61. The van der Waals surface area contributed by atoms with Gasteiger partial charge in [0, 0.05) is 13.0 Å². The molecule has 488 valence electrons. The number of aliphatic hydroxyl groups is 7. The fourth-order valence-electron chi connectivity index (χ4n) is 10.6. The van der Waals surface area contributed by atoms with E-state index in [0.29, 0.717) is 13.0 Å². The lowest BCUT2D eigenvalue weighted by atomic mass is 9.98. The molecule has 0 spiro atoms. The fourth-order valence-corrected chi connectivity index (χ4v) is 10.6. The second-order valence-corrected chi connectivity index (χ2v) is 23.6. The van der Waals surface area contributed by atoms with Crippen molar-refractivity contribution in [3.05, 3.63) is 72.9 Å². The number of rotatable bonds is 56. The number of carbonyl (C=O) groups is 1. The molecule has 2 saturated heterocycles. The van der Waals surface area contributed by atoms with Gasteiger partial charge in [-0.3, -0.25) is 4.79 Å². The highest BCUT2D eigenvalue weighted by Crippen LogP contribution is 2.27. The van der Waals surface area contributed by atoms with Crippen LogP contribution < -0.4 is 0 Å². The zero-order valence-corrected chi connectivity index (χ0v) is 52.9. The minimum Gasteiger partial charge on any atom is -0.457 e. The van der Waals surface area contributed by atoms with Crippen molar-refractivity contribution in [2.24, 2.45) is 0 Å². The third kappa shape index (κ3) is 40.8. The van der Waals surface area contributed by atoms with E-state index in [1.54, 1.807) is 0 Å². The predicted octanol–water partition coefficient (Wildman–Crippen LogP) is 14.1. The minimum absolute atomic E-state index is 0.0530. The van der Waals surface area contributed by atoms with Gasteiger partial charge >= 0.3 is 5.97 Å². The number of allylic oxidation sites excluding steroid dienone is 12. The zero-order chi connectivity index (χ0) is 60.8. The van der Waals surface area contributed by atoms with Crippen molar-refractivity contribution >= 4 is 5.97 Å². The number of hydrogen-bond acceptors (Lipinski definition) is 14. The molecule has 0 aliphatic carbocycles. The monoisotopic (exact) mass is 1190 g/mol. The van der Waals surface area contributed by atoms with Crippen molar-refractivity contribution in [3.8, 4) is 0 Å². The van der Waals surface area contributed by atoms with Crippen molar-refractivity contribution in [1.82, 2.24) is 0 Å². The molecule has 0 radical (unpaired) electrons. The van der Waals surface area contributed by atoms with Crippen LogP contribution in [-0.4, -0.2) is 142 Å². The molecule has 14 heteroatoms. The third-order valence-electron chi connectivity index (χ3n) is 16.0. The van der Waals surface area contributed by atoms with Gasteiger partial charge in [-0.25, -0.2) is 0 Å². The Bertz CT molecular complexity index is 1670. The Hall–Kier alpha value is -2.57. The summed E-state index contributed by atoms with van der Waals surface area (Å²) < 4.78 is 34.5. The fraction of sp³-hybridized carbons (Fsp3) is 0.814. The minimum atomic E-state index is -1.71. The molecule has 2 rings (SSSR count). The summed E-state index contributed by atoms with van der Waals surface area (Å²) in [6, 6.07) is 0. The van der Waals surface area contributed by atoms with E-state index in [1.807, 2.05) is 0 Å². The van der Waals surface area contributed by atoms with Crippen LogP contribution in [0.2, 0.25) is 0 Å². The normalized spacial score (nSPS) is 23.7. The third-order valence-corrected chi connectivity index (χ3v) is 16.0. The zero-order valence-electron chi connectivity index (χ0n) is 52.9. The lowest BCUT2D eigenvalue weighted by molar-refractivity contribution is -0.332. The van der Waals surface area contributed by atoms with E-state index >= 15 is 0 Å². The van der Waals surface area contributed by atoms with Crippen LogP contribution in [0.15, 0.2) is 72.9 Å². The van der Waals surface area contributed by atoms with Crippen molar-refractivity contribution < 1.29 is 69.0 Å². The summed E-state index contributed by atoms with van der Waals surface area (Å²) in [5.41, 5.74) is 0. The molecular weight excluding hydrogens is 1060 g/mol. The Labute approximate surface area is 510 Å². The first kappa shape index (κ1) is 77.5. The van der Waals surface area contributed by atoms with Gasteiger partial charge in [0.15, 0.2) is 12.6 Å². The maximum absolute atomic E-state index is 13.2. The number of hydrogen-bond donors (Lipinski definition) is 7. The van der Waals surface area contributed by atoms with Crippen LogP contribution in [0.25, 0.3) is 0 Å². The Morgan fingerprint density at radius 2 is 0.774 bits per heavy atom. The molecule has 11 atom stereocenters. The van der Waals surface area contributed by atoms with Gasteiger partial charge < -0.3 is 64.2 Å². The van der Waals surface area contributed by atoms with E-state index < -0.39 is 80.7 Å². The number of unbranched alkanes of at least 4 members (excludes halogenated alkanes) is 30. The quantitative estimate of drug-likeness (QED) is 0.0171. The molecule has 0 aromatic carbocycles. The summed E-state index contributed by atoms with van der Waals surface area (Å²) in [7, 11) is 0. The van der Waals surface area contributed by atoms with Crippen LogP contribution in [-0.2, 0) is 33.2 Å². The molecule has 0 amide bonds. The first-order chi connectivity index (χ1) is 41.1. The van der Waals surface area contributed by atoms with Crippen molar-refractivity contribution in [2.75, 3.05) is 33.0 Å². The van der Waals surface area contributed by atoms with Gasteiger partial charge in [-0.1, -0.05) is 267 Å². The van der Waals surface area contributed by atoms with E-state index in [0.717, 1.165) is 89.9 Å². The van der Waals surface area contributed by atoms with Gasteiger partial charge in [0.25, 0.3) is 0 Å². The Morgan fingerprint density at radius 3 is 1.21 bits per heavy atom. The first-order valence-corrected chi connectivity index (χ1v) is 34.0. The average molecular weight is 1190 g/mol. The predicted molar refractivity (Wildman–Crippen MR) is 339 cm³/mol. The summed E-state index contributed by atoms with van der Waals surface area (Å²) in [4.78, 5) is 13.2. The second-order valence-electron chi connectivity index (χ2n) is 23.6. The largest absolute Gasteiger partial charge is 0.457 e. The Balaban J connectivity index is 1.66. The second kappa shape index (κ2) is 55.7. The van der Waals surface area contributed by atoms with Crippen molar-refractivity contribution in [2.45, 2.75) is 332 Å². The Morgan fingerprint density at radius 1 is 0.405 bits per heavy atom. The molecule has 11 unspecified atom stereocenters. The highest BCUT2D eigenvalue weighted by molar-refractivity contribution is 5.69. The van der Waals surface area contributed by atoms with Crippen LogP contribution in [0.4, 0.5) is 0 Å². The molecule has 2 heterocycles. The number of esters is 1. The highest BCUT2D eigenvalue weighted by atomic mass is 16.7. The number of aliphatic hydroxyl groups excluding tert-OH is 7. The smallest absolute Gasteiger partial charge is 0.306 e. The summed E-state index contributed by atoms with van der Waals surface area (Å²) >= 11 is 0. The van der Waals surface area contributed by atoms with Crippen molar-refractivity contribution in [1.29, 1.82) is 0 Å². The van der Waals surface area contributed by atoms with Gasteiger partial charge in [-0.15, -0.1) is 0 Å². The van der Waals surface area contributed by atoms with Gasteiger partial charge in [-0.2, -0.15) is 0 Å². The van der Waals surface area contributed by atoms with Gasteiger partial charge in [0.05, 0.1) is 26.4 Å². The molecule has 0 bridgehead atoms. The highest BCUT2D eigenvalue weighted by Gasteiger charge is 2.47. The maximum Gasteiger partial charge on any atom is 0.306 e. The molecule has 2 aliphatic heterocycles. The summed E-state index contributed by atoms with van der Waals surface area (Å²) in [6.45, 7) is 3.59. The van der Waals surface area contributed by atoms with Gasteiger partial charge in [0.1, 0.15) is 54.9 Å². The van der Waals surface area contributed by atoms with Crippen LogP contribution in [0.1, 0.15) is 264 Å². The molecule has 0 saturated carbocycles. The summed E-state index contributed by atoms with van der Waals surface area (Å²) in [6.07, 6.45) is 56.8. The molecule has 0 aromatic heterocycles. The summed E-state index contributed by atoms with van der Waals surface area (Å²) in [5.74, 6) is -0.377. The van der Waals surface area contributed by atoms with Crippen LogP contribution >= 0.6 is 0 Å². The molecule has 14 nitrogen and oxygen atoms in total. The van der Waals surface area contributed by atoms with Gasteiger partial charge in [0.2, 0.25) is 0 Å².